The zero-order chi connectivity index (χ0) is 28.1. The standard InChI is InChI=1S/C33H59NO4/c1-3-5-7-9-11-13-14-15-16-17-18-20-22-24-26-28-32(37)34-30(29-35)33(38)31(36)27-25-23-21-19-12-10-8-6-4-2/h6,8,11,13-15,19,21,30-31,33,35-36,38H,3-5,7,9-10,12,16-18,20,22-29H2,1-2H3,(H,34,37)/b8-6+,13-11-,15-14-,21-19+. The summed E-state index contributed by atoms with van der Waals surface area (Å²) in [7, 11) is 0. The van der Waals surface area contributed by atoms with Crippen LogP contribution in [0.15, 0.2) is 48.6 Å². The van der Waals surface area contributed by atoms with Crippen LogP contribution in [0, 0.1) is 0 Å². The minimum Gasteiger partial charge on any atom is -0.394 e. The maximum Gasteiger partial charge on any atom is 0.220 e. The van der Waals surface area contributed by atoms with Crippen molar-refractivity contribution >= 4 is 5.91 Å². The molecule has 0 rings (SSSR count). The Morgan fingerprint density at radius 1 is 0.684 bits per heavy atom. The average Bonchev–Trinajstić information content (AvgIpc) is 2.92. The molecule has 0 aromatic heterocycles. The Morgan fingerprint density at radius 2 is 1.24 bits per heavy atom. The number of allylic oxidation sites excluding steroid dienone is 8. The highest BCUT2D eigenvalue weighted by atomic mass is 16.3. The number of carbonyl (C=O) groups is 1. The summed E-state index contributed by atoms with van der Waals surface area (Å²) in [6.45, 7) is 3.96. The summed E-state index contributed by atoms with van der Waals surface area (Å²) in [6, 6.07) is -0.836. The molecule has 0 fully saturated rings. The highest BCUT2D eigenvalue weighted by Gasteiger charge is 2.26. The van der Waals surface area contributed by atoms with Crippen molar-refractivity contribution in [2.24, 2.45) is 0 Å². The fourth-order valence-corrected chi connectivity index (χ4v) is 4.23. The van der Waals surface area contributed by atoms with Crippen molar-refractivity contribution < 1.29 is 20.1 Å². The predicted molar refractivity (Wildman–Crippen MR) is 162 cm³/mol. The molecule has 220 valence electrons. The van der Waals surface area contributed by atoms with Crippen LogP contribution in [0.5, 0.6) is 0 Å². The lowest BCUT2D eigenvalue weighted by molar-refractivity contribution is -0.124. The molecule has 0 spiro atoms. The SMILES string of the molecule is CC/C=C/CC/C=C/CCCC(O)C(O)C(CO)NC(=O)CCCCCCCC/C=C\C=C/CCCCC. The van der Waals surface area contributed by atoms with Gasteiger partial charge in [-0.15, -0.1) is 0 Å². The zero-order valence-electron chi connectivity index (χ0n) is 24.5. The highest BCUT2D eigenvalue weighted by molar-refractivity contribution is 5.76. The second kappa shape index (κ2) is 28.3. The number of carbonyl (C=O) groups excluding carboxylic acids is 1. The van der Waals surface area contributed by atoms with Crippen LogP contribution in [0.1, 0.15) is 129 Å². The van der Waals surface area contributed by atoms with E-state index in [2.05, 4.69) is 67.8 Å². The Bertz CT molecular complexity index is 641. The number of aliphatic hydroxyl groups is 3. The summed E-state index contributed by atoms with van der Waals surface area (Å²) >= 11 is 0. The minimum absolute atomic E-state index is 0.178. The van der Waals surface area contributed by atoms with E-state index >= 15 is 0 Å². The summed E-state index contributed by atoms with van der Waals surface area (Å²) in [5, 5.41) is 33.0. The monoisotopic (exact) mass is 533 g/mol. The van der Waals surface area contributed by atoms with Crippen LogP contribution in [0.3, 0.4) is 0 Å². The van der Waals surface area contributed by atoms with Gasteiger partial charge >= 0.3 is 0 Å². The molecule has 0 aromatic rings. The van der Waals surface area contributed by atoms with Crippen molar-refractivity contribution in [3.05, 3.63) is 48.6 Å². The zero-order valence-corrected chi connectivity index (χ0v) is 24.5. The Balaban J connectivity index is 3.84. The molecule has 0 radical (unpaired) electrons. The van der Waals surface area contributed by atoms with Gasteiger partial charge in [0.15, 0.2) is 0 Å². The number of hydrogen-bond acceptors (Lipinski definition) is 4. The van der Waals surface area contributed by atoms with Gasteiger partial charge in [0.25, 0.3) is 0 Å². The third-order valence-corrected chi connectivity index (χ3v) is 6.67. The summed E-state index contributed by atoms with van der Waals surface area (Å²) in [5.41, 5.74) is 0. The number of unbranched alkanes of at least 4 members (excludes halogenated alkanes) is 11. The molecule has 0 heterocycles. The Hall–Kier alpha value is -1.69. The number of hydrogen-bond donors (Lipinski definition) is 4. The van der Waals surface area contributed by atoms with Crippen LogP contribution < -0.4 is 5.32 Å². The van der Waals surface area contributed by atoms with Crippen molar-refractivity contribution in [2.45, 2.75) is 148 Å². The van der Waals surface area contributed by atoms with Crippen LogP contribution in [0.2, 0.25) is 0 Å². The molecule has 0 aliphatic carbocycles. The summed E-state index contributed by atoms with van der Waals surface area (Å²) in [6.07, 6.45) is 33.5. The molecule has 3 unspecified atom stereocenters. The van der Waals surface area contributed by atoms with Gasteiger partial charge in [0.05, 0.1) is 18.8 Å². The van der Waals surface area contributed by atoms with E-state index in [1.54, 1.807) is 0 Å². The minimum atomic E-state index is -1.17. The van der Waals surface area contributed by atoms with E-state index in [1.165, 1.54) is 44.9 Å². The van der Waals surface area contributed by atoms with Gasteiger partial charge < -0.3 is 20.6 Å². The van der Waals surface area contributed by atoms with Gasteiger partial charge in [0, 0.05) is 6.42 Å². The van der Waals surface area contributed by atoms with Crippen LogP contribution in [0.25, 0.3) is 0 Å². The van der Waals surface area contributed by atoms with Crippen molar-refractivity contribution in [2.75, 3.05) is 6.61 Å². The lowest BCUT2D eigenvalue weighted by atomic mass is 10.0. The average molecular weight is 534 g/mol. The van der Waals surface area contributed by atoms with Gasteiger partial charge in [-0.25, -0.2) is 0 Å². The van der Waals surface area contributed by atoms with Crippen LogP contribution in [-0.4, -0.2) is 46.1 Å². The van der Waals surface area contributed by atoms with Crippen LogP contribution >= 0.6 is 0 Å². The Labute approximate surface area is 234 Å². The molecule has 5 heteroatoms. The first-order valence-electron chi connectivity index (χ1n) is 15.4. The molecule has 5 nitrogen and oxygen atoms in total. The smallest absolute Gasteiger partial charge is 0.220 e. The summed E-state index contributed by atoms with van der Waals surface area (Å²) < 4.78 is 0. The van der Waals surface area contributed by atoms with E-state index in [4.69, 9.17) is 0 Å². The molecule has 3 atom stereocenters. The van der Waals surface area contributed by atoms with E-state index in [0.29, 0.717) is 12.8 Å². The molecule has 0 aliphatic heterocycles. The first-order valence-corrected chi connectivity index (χ1v) is 15.4. The summed E-state index contributed by atoms with van der Waals surface area (Å²) in [4.78, 5) is 12.3. The topological polar surface area (TPSA) is 89.8 Å². The molecular formula is C33H59NO4. The van der Waals surface area contributed by atoms with E-state index < -0.39 is 24.9 Å². The maximum atomic E-state index is 12.3. The maximum absolute atomic E-state index is 12.3. The third-order valence-electron chi connectivity index (χ3n) is 6.67. The first-order chi connectivity index (χ1) is 18.6. The lowest BCUT2D eigenvalue weighted by Gasteiger charge is -2.26. The normalized spacial score (nSPS) is 14.8. The second-order valence-corrected chi connectivity index (χ2v) is 10.3. The quantitative estimate of drug-likeness (QED) is 0.0527. The molecule has 0 saturated carbocycles. The number of nitrogens with one attached hydrogen (secondary N) is 1. The largest absolute Gasteiger partial charge is 0.394 e. The molecule has 0 aliphatic rings. The van der Waals surface area contributed by atoms with Crippen molar-refractivity contribution in [1.29, 1.82) is 0 Å². The lowest BCUT2D eigenvalue weighted by Crippen LogP contribution is -2.50. The number of aliphatic hydroxyl groups excluding tert-OH is 3. The van der Waals surface area contributed by atoms with Crippen molar-refractivity contribution in [3.8, 4) is 0 Å². The molecule has 4 N–H and O–H groups in total. The Morgan fingerprint density at radius 3 is 1.87 bits per heavy atom. The molecule has 0 bridgehead atoms. The first kappa shape index (κ1) is 36.3. The van der Waals surface area contributed by atoms with E-state index in [0.717, 1.165) is 57.8 Å². The summed E-state index contributed by atoms with van der Waals surface area (Å²) in [5.74, 6) is -0.178. The molecule has 0 aromatic carbocycles. The predicted octanol–water partition coefficient (Wildman–Crippen LogP) is 7.47. The van der Waals surface area contributed by atoms with Crippen molar-refractivity contribution in [3.63, 3.8) is 0 Å². The fraction of sp³-hybridized carbons (Fsp3) is 0.727. The second-order valence-electron chi connectivity index (χ2n) is 10.3. The van der Waals surface area contributed by atoms with Crippen LogP contribution in [-0.2, 0) is 4.79 Å². The van der Waals surface area contributed by atoms with E-state index in [1.807, 2.05) is 0 Å². The molecular weight excluding hydrogens is 474 g/mol. The Kier molecular flexibility index (Phi) is 27.1. The van der Waals surface area contributed by atoms with Gasteiger partial charge in [-0.05, 0) is 70.6 Å². The third kappa shape index (κ3) is 23.4. The molecule has 38 heavy (non-hydrogen) atoms. The number of amides is 1. The van der Waals surface area contributed by atoms with Gasteiger partial charge in [0.1, 0.15) is 6.10 Å². The van der Waals surface area contributed by atoms with Gasteiger partial charge in [-0.3, -0.25) is 4.79 Å². The van der Waals surface area contributed by atoms with Crippen molar-refractivity contribution in [1.82, 2.24) is 5.32 Å². The highest BCUT2D eigenvalue weighted by Crippen LogP contribution is 2.12. The van der Waals surface area contributed by atoms with E-state index in [9.17, 15) is 20.1 Å². The van der Waals surface area contributed by atoms with Gasteiger partial charge in [-0.2, -0.15) is 0 Å². The molecule has 0 saturated heterocycles. The van der Waals surface area contributed by atoms with Gasteiger partial charge in [0.2, 0.25) is 5.91 Å². The van der Waals surface area contributed by atoms with Gasteiger partial charge in [-0.1, -0.05) is 101 Å². The fourth-order valence-electron chi connectivity index (χ4n) is 4.23. The van der Waals surface area contributed by atoms with Crippen LogP contribution in [0.4, 0.5) is 0 Å². The number of rotatable bonds is 26. The van der Waals surface area contributed by atoms with E-state index in [-0.39, 0.29) is 5.91 Å². The molecule has 1 amide bonds.